The molecule has 1 aromatic heterocycles. The number of allylic oxidation sites excluding steroid dienone is 1. The van der Waals surface area contributed by atoms with Gasteiger partial charge in [-0.15, -0.1) is 0 Å². The van der Waals surface area contributed by atoms with Crippen molar-refractivity contribution in [1.29, 1.82) is 0 Å². The second kappa shape index (κ2) is 9.53. The number of para-hydroxylation sites is 1. The Morgan fingerprint density at radius 3 is 2.53 bits per heavy atom. The van der Waals surface area contributed by atoms with Crippen molar-refractivity contribution < 1.29 is 18.7 Å². The standard InChI is InChI=1S/C25H29NO4/c1-16(2)10-11-26-25(27)12-17(3)19-13-20-21(15-30-24(20)14-23(19)29-5)18-8-6-7-9-22(18)28-4/h6-9,12-16H,10-11H2,1-5H3,(H,26,27)/b17-12+. The molecule has 0 saturated heterocycles. The molecule has 0 bridgehead atoms. The summed E-state index contributed by atoms with van der Waals surface area (Å²) in [4.78, 5) is 12.3. The Hall–Kier alpha value is -3.21. The van der Waals surface area contributed by atoms with Crippen molar-refractivity contribution in [2.45, 2.75) is 27.2 Å². The summed E-state index contributed by atoms with van der Waals surface area (Å²) in [6.45, 7) is 6.85. The summed E-state index contributed by atoms with van der Waals surface area (Å²) >= 11 is 0. The molecule has 3 aromatic rings. The molecule has 3 rings (SSSR count). The quantitative estimate of drug-likeness (QED) is 0.488. The Morgan fingerprint density at radius 2 is 1.83 bits per heavy atom. The molecule has 30 heavy (non-hydrogen) atoms. The first-order chi connectivity index (χ1) is 14.4. The molecule has 5 nitrogen and oxygen atoms in total. The Bertz CT molecular complexity index is 1060. The van der Waals surface area contributed by atoms with Gasteiger partial charge in [0.1, 0.15) is 17.1 Å². The van der Waals surface area contributed by atoms with E-state index in [2.05, 4.69) is 19.2 Å². The van der Waals surface area contributed by atoms with Gasteiger partial charge in [-0.05, 0) is 37.0 Å². The molecule has 0 radical (unpaired) electrons. The van der Waals surface area contributed by atoms with Crippen LogP contribution in [0, 0.1) is 5.92 Å². The lowest BCUT2D eigenvalue weighted by molar-refractivity contribution is -0.116. The summed E-state index contributed by atoms with van der Waals surface area (Å²) in [6, 6.07) is 11.7. The van der Waals surface area contributed by atoms with Gasteiger partial charge in [-0.2, -0.15) is 0 Å². The van der Waals surface area contributed by atoms with Crippen molar-refractivity contribution in [3.8, 4) is 22.6 Å². The van der Waals surface area contributed by atoms with Gasteiger partial charge in [-0.1, -0.05) is 32.0 Å². The number of methoxy groups -OCH3 is 2. The van der Waals surface area contributed by atoms with E-state index < -0.39 is 0 Å². The molecule has 1 heterocycles. The van der Waals surface area contributed by atoms with Gasteiger partial charge in [0.2, 0.25) is 5.91 Å². The van der Waals surface area contributed by atoms with Crippen LogP contribution < -0.4 is 14.8 Å². The van der Waals surface area contributed by atoms with Gasteiger partial charge in [0.15, 0.2) is 0 Å². The summed E-state index contributed by atoms with van der Waals surface area (Å²) in [7, 11) is 3.27. The molecular weight excluding hydrogens is 378 g/mol. The highest BCUT2D eigenvalue weighted by Gasteiger charge is 2.16. The Balaban J connectivity index is 2.00. The highest BCUT2D eigenvalue weighted by molar-refractivity contribution is 6.01. The summed E-state index contributed by atoms with van der Waals surface area (Å²) in [5, 5.41) is 3.88. The first-order valence-electron chi connectivity index (χ1n) is 10.1. The molecule has 2 aromatic carbocycles. The van der Waals surface area contributed by atoms with Gasteiger partial charge < -0.3 is 19.2 Å². The van der Waals surface area contributed by atoms with E-state index >= 15 is 0 Å². The SMILES string of the molecule is COc1cc2occ(-c3ccccc3OC)c2cc1/C(C)=C/C(=O)NCCC(C)C. The molecule has 0 spiro atoms. The van der Waals surface area contributed by atoms with E-state index in [1.165, 1.54) is 0 Å². The molecule has 0 aliphatic carbocycles. The molecule has 0 unspecified atom stereocenters. The fourth-order valence-electron chi connectivity index (χ4n) is 3.42. The number of hydrogen-bond acceptors (Lipinski definition) is 4. The number of benzene rings is 2. The average molecular weight is 408 g/mol. The largest absolute Gasteiger partial charge is 0.496 e. The van der Waals surface area contributed by atoms with Crippen molar-refractivity contribution in [1.82, 2.24) is 5.32 Å². The van der Waals surface area contributed by atoms with Crippen molar-refractivity contribution in [2.24, 2.45) is 5.92 Å². The fraction of sp³-hybridized carbons (Fsp3) is 0.320. The maximum Gasteiger partial charge on any atom is 0.244 e. The molecule has 0 atom stereocenters. The third-order valence-electron chi connectivity index (χ3n) is 5.09. The number of amides is 1. The lowest BCUT2D eigenvalue weighted by Crippen LogP contribution is -2.23. The molecule has 0 aliphatic heterocycles. The Labute approximate surface area is 177 Å². The zero-order valence-corrected chi connectivity index (χ0v) is 18.2. The predicted molar refractivity (Wildman–Crippen MR) is 121 cm³/mol. The van der Waals surface area contributed by atoms with Gasteiger partial charge in [-0.25, -0.2) is 0 Å². The highest BCUT2D eigenvalue weighted by Crippen LogP contribution is 2.40. The summed E-state index contributed by atoms with van der Waals surface area (Å²) in [5.74, 6) is 1.88. The molecule has 158 valence electrons. The van der Waals surface area contributed by atoms with Crippen LogP contribution in [0.25, 0.3) is 27.7 Å². The number of carbonyl (C=O) groups is 1. The Kier molecular flexibility index (Phi) is 6.83. The van der Waals surface area contributed by atoms with Crippen molar-refractivity contribution in [3.63, 3.8) is 0 Å². The molecule has 0 fully saturated rings. The normalized spacial score (nSPS) is 11.7. The number of rotatable bonds is 8. The van der Waals surface area contributed by atoms with Crippen LogP contribution in [-0.4, -0.2) is 26.7 Å². The number of nitrogens with one attached hydrogen (secondary N) is 1. The number of ether oxygens (including phenoxy) is 2. The van der Waals surface area contributed by atoms with E-state index in [1.54, 1.807) is 26.6 Å². The lowest BCUT2D eigenvalue weighted by atomic mass is 9.98. The van der Waals surface area contributed by atoms with E-state index in [1.807, 2.05) is 43.3 Å². The second-order valence-electron chi connectivity index (χ2n) is 7.70. The molecule has 5 heteroatoms. The van der Waals surface area contributed by atoms with Crippen molar-refractivity contribution in [3.05, 3.63) is 54.3 Å². The van der Waals surface area contributed by atoms with E-state index in [0.29, 0.717) is 23.8 Å². The van der Waals surface area contributed by atoms with Crippen molar-refractivity contribution >= 4 is 22.4 Å². The minimum atomic E-state index is -0.104. The molecular formula is C25H29NO4. The van der Waals surface area contributed by atoms with E-state index in [-0.39, 0.29) is 5.91 Å². The first-order valence-corrected chi connectivity index (χ1v) is 10.1. The number of hydrogen-bond donors (Lipinski definition) is 1. The highest BCUT2D eigenvalue weighted by atomic mass is 16.5. The smallest absolute Gasteiger partial charge is 0.244 e. The third-order valence-corrected chi connectivity index (χ3v) is 5.09. The molecule has 1 amide bonds. The zero-order valence-electron chi connectivity index (χ0n) is 18.2. The van der Waals surface area contributed by atoms with Crippen LogP contribution in [-0.2, 0) is 4.79 Å². The second-order valence-corrected chi connectivity index (χ2v) is 7.70. The molecule has 0 saturated carbocycles. The van der Waals surface area contributed by atoms with Gasteiger partial charge in [-0.3, -0.25) is 4.79 Å². The first kappa shape index (κ1) is 21.5. The summed E-state index contributed by atoms with van der Waals surface area (Å²) in [6.07, 6.45) is 4.29. The van der Waals surface area contributed by atoms with Gasteiger partial charge in [0.25, 0.3) is 0 Å². The number of carbonyl (C=O) groups excluding carboxylic acids is 1. The van der Waals surface area contributed by atoms with Crippen molar-refractivity contribution in [2.75, 3.05) is 20.8 Å². The van der Waals surface area contributed by atoms with Crippen LogP contribution in [0.1, 0.15) is 32.8 Å². The van der Waals surface area contributed by atoms with Crippen LogP contribution in [0.15, 0.2) is 53.2 Å². The average Bonchev–Trinajstić information content (AvgIpc) is 3.15. The summed E-state index contributed by atoms with van der Waals surface area (Å²) < 4.78 is 16.9. The van der Waals surface area contributed by atoms with E-state index in [4.69, 9.17) is 13.9 Å². The van der Waals surface area contributed by atoms with Crippen LogP contribution in [0.2, 0.25) is 0 Å². The minimum absolute atomic E-state index is 0.104. The van der Waals surface area contributed by atoms with E-state index in [9.17, 15) is 4.79 Å². The monoisotopic (exact) mass is 407 g/mol. The van der Waals surface area contributed by atoms with Gasteiger partial charge in [0.05, 0.1) is 20.5 Å². The number of furan rings is 1. The van der Waals surface area contributed by atoms with E-state index in [0.717, 1.165) is 39.8 Å². The van der Waals surface area contributed by atoms with Gasteiger partial charge in [0, 0.05) is 40.8 Å². The maximum atomic E-state index is 12.3. The van der Waals surface area contributed by atoms with Crippen LogP contribution >= 0.6 is 0 Å². The zero-order chi connectivity index (χ0) is 21.7. The minimum Gasteiger partial charge on any atom is -0.496 e. The molecule has 0 aliphatic rings. The summed E-state index contributed by atoms with van der Waals surface area (Å²) in [5.41, 5.74) is 4.26. The maximum absolute atomic E-state index is 12.3. The van der Waals surface area contributed by atoms with Crippen LogP contribution in [0.4, 0.5) is 0 Å². The number of fused-ring (bicyclic) bond motifs is 1. The molecule has 1 N–H and O–H groups in total. The van der Waals surface area contributed by atoms with Crippen LogP contribution in [0.5, 0.6) is 11.5 Å². The Morgan fingerprint density at radius 1 is 1.10 bits per heavy atom. The predicted octanol–water partition coefficient (Wildman–Crippen LogP) is 5.68. The fourth-order valence-corrected chi connectivity index (χ4v) is 3.42. The topological polar surface area (TPSA) is 60.7 Å². The van der Waals surface area contributed by atoms with Crippen LogP contribution in [0.3, 0.4) is 0 Å². The lowest BCUT2D eigenvalue weighted by Gasteiger charge is -2.11. The third kappa shape index (κ3) is 4.67. The van der Waals surface area contributed by atoms with Gasteiger partial charge >= 0.3 is 0 Å².